The summed E-state index contributed by atoms with van der Waals surface area (Å²) >= 11 is 5.95. The number of nitrogens with zero attached hydrogens (tertiary/aromatic N) is 1. The van der Waals surface area contributed by atoms with Crippen molar-refractivity contribution in [3.63, 3.8) is 0 Å². The molecule has 0 bridgehead atoms. The number of aliphatic hydroxyl groups excluding tert-OH is 1. The fourth-order valence-corrected chi connectivity index (χ4v) is 2.31. The minimum absolute atomic E-state index is 0.0743. The number of hydrogen-bond donors (Lipinski definition) is 1. The lowest BCUT2D eigenvalue weighted by Gasteiger charge is -2.09. The van der Waals surface area contributed by atoms with Crippen molar-refractivity contribution >= 4 is 28.5 Å². The zero-order valence-corrected chi connectivity index (χ0v) is 11.5. The molecular weight excluding hydrogens is 266 g/mol. The van der Waals surface area contributed by atoms with Gasteiger partial charge in [-0.05, 0) is 31.2 Å². The molecule has 1 aromatic heterocycles. The number of carbonyl (C=O) groups excluding carboxylic acids is 1. The number of benzene rings is 1. The van der Waals surface area contributed by atoms with Gasteiger partial charge < -0.3 is 14.4 Å². The van der Waals surface area contributed by atoms with E-state index in [-0.39, 0.29) is 19.0 Å². The summed E-state index contributed by atoms with van der Waals surface area (Å²) in [7, 11) is 0. The van der Waals surface area contributed by atoms with Gasteiger partial charge in [0.05, 0.1) is 19.6 Å². The lowest BCUT2D eigenvalue weighted by Crippen LogP contribution is -2.10. The van der Waals surface area contributed by atoms with Crippen molar-refractivity contribution in [1.82, 2.24) is 4.57 Å². The molecule has 0 spiro atoms. The summed E-state index contributed by atoms with van der Waals surface area (Å²) in [5.41, 5.74) is 1.72. The summed E-state index contributed by atoms with van der Waals surface area (Å²) in [6.07, 6.45) is 0.285. The van der Waals surface area contributed by atoms with Crippen LogP contribution in [0.3, 0.4) is 0 Å². The Morgan fingerprint density at radius 2 is 2.21 bits per heavy atom. The third-order valence-corrected chi connectivity index (χ3v) is 3.19. The van der Waals surface area contributed by atoms with Gasteiger partial charge in [0, 0.05) is 28.2 Å². The molecule has 0 saturated heterocycles. The van der Waals surface area contributed by atoms with Gasteiger partial charge in [0.1, 0.15) is 0 Å². The first-order valence-corrected chi connectivity index (χ1v) is 6.57. The highest BCUT2D eigenvalue weighted by atomic mass is 35.5. The van der Waals surface area contributed by atoms with Crippen molar-refractivity contribution in [3.8, 4) is 0 Å². The number of rotatable bonds is 5. The summed E-state index contributed by atoms with van der Waals surface area (Å²) in [5, 5.41) is 11.0. The van der Waals surface area contributed by atoms with Crippen molar-refractivity contribution in [2.24, 2.45) is 0 Å². The van der Waals surface area contributed by atoms with Gasteiger partial charge >= 0.3 is 5.97 Å². The molecule has 0 aliphatic carbocycles. The molecule has 0 radical (unpaired) electrons. The van der Waals surface area contributed by atoms with Crippen molar-refractivity contribution < 1.29 is 14.6 Å². The first-order chi connectivity index (χ1) is 9.15. The van der Waals surface area contributed by atoms with Gasteiger partial charge in [0.2, 0.25) is 0 Å². The van der Waals surface area contributed by atoms with Crippen LogP contribution in [0.15, 0.2) is 24.3 Å². The van der Waals surface area contributed by atoms with Crippen molar-refractivity contribution in [1.29, 1.82) is 0 Å². The molecule has 1 N–H and O–H groups in total. The van der Waals surface area contributed by atoms with Crippen LogP contribution in [-0.2, 0) is 22.7 Å². The maximum Gasteiger partial charge on any atom is 0.307 e. The summed E-state index contributed by atoms with van der Waals surface area (Å²) in [6, 6.07) is 7.41. The van der Waals surface area contributed by atoms with E-state index in [4.69, 9.17) is 16.3 Å². The number of aromatic nitrogens is 1. The van der Waals surface area contributed by atoms with E-state index in [1.807, 2.05) is 22.8 Å². The molecule has 2 aromatic rings. The van der Waals surface area contributed by atoms with Gasteiger partial charge in [-0.1, -0.05) is 11.6 Å². The minimum Gasteiger partial charge on any atom is -0.466 e. The van der Waals surface area contributed by atoms with E-state index in [0.29, 0.717) is 18.2 Å². The number of halogens is 1. The molecule has 5 heteroatoms. The van der Waals surface area contributed by atoms with Gasteiger partial charge in [0.15, 0.2) is 0 Å². The summed E-state index contributed by atoms with van der Waals surface area (Å²) in [5.74, 6) is -0.234. The Bertz CT molecular complexity index is 592. The lowest BCUT2D eigenvalue weighted by atomic mass is 10.2. The zero-order chi connectivity index (χ0) is 13.8. The van der Waals surface area contributed by atoms with Crippen LogP contribution >= 0.6 is 11.6 Å². The third kappa shape index (κ3) is 3.08. The molecule has 0 atom stereocenters. The average molecular weight is 282 g/mol. The molecule has 0 amide bonds. The molecule has 0 unspecified atom stereocenters. The number of carbonyl (C=O) groups is 1. The van der Waals surface area contributed by atoms with Crippen molar-refractivity contribution in [2.75, 3.05) is 6.61 Å². The summed E-state index contributed by atoms with van der Waals surface area (Å²) in [6.45, 7) is 2.58. The van der Waals surface area contributed by atoms with Crippen LogP contribution in [0.5, 0.6) is 0 Å². The quantitative estimate of drug-likeness (QED) is 0.858. The number of aryl methyl sites for hydroxylation is 1. The fraction of sp³-hybridized carbons (Fsp3) is 0.357. The Morgan fingerprint density at radius 1 is 1.42 bits per heavy atom. The second-order valence-corrected chi connectivity index (χ2v) is 4.64. The number of esters is 1. The highest BCUT2D eigenvalue weighted by molar-refractivity contribution is 6.31. The molecule has 4 nitrogen and oxygen atoms in total. The molecule has 0 saturated carbocycles. The monoisotopic (exact) mass is 281 g/mol. The van der Waals surface area contributed by atoms with Gasteiger partial charge in [-0.3, -0.25) is 4.79 Å². The predicted octanol–water partition coefficient (Wildman–Crippen LogP) is 2.74. The van der Waals surface area contributed by atoms with Crippen LogP contribution in [0.1, 0.15) is 19.0 Å². The van der Waals surface area contributed by atoms with Crippen molar-refractivity contribution in [3.05, 3.63) is 35.0 Å². The fourth-order valence-electron chi connectivity index (χ4n) is 2.13. The number of fused-ring (bicyclic) bond motifs is 1. The molecular formula is C14H16ClNO3. The smallest absolute Gasteiger partial charge is 0.307 e. The molecule has 0 aliphatic heterocycles. The van der Waals surface area contributed by atoms with Crippen LogP contribution < -0.4 is 0 Å². The van der Waals surface area contributed by atoms with E-state index < -0.39 is 0 Å². The minimum atomic E-state index is -0.234. The maximum atomic E-state index is 11.4. The van der Waals surface area contributed by atoms with Gasteiger partial charge in [0.25, 0.3) is 0 Å². The Kier molecular flexibility index (Phi) is 4.45. The van der Waals surface area contributed by atoms with E-state index in [2.05, 4.69) is 0 Å². The van der Waals surface area contributed by atoms with Crippen LogP contribution in [0.25, 0.3) is 10.9 Å². The Morgan fingerprint density at radius 3 is 2.89 bits per heavy atom. The molecule has 19 heavy (non-hydrogen) atoms. The van der Waals surface area contributed by atoms with Gasteiger partial charge in [-0.15, -0.1) is 0 Å². The topological polar surface area (TPSA) is 51.5 Å². The third-order valence-electron chi connectivity index (χ3n) is 2.96. The summed E-state index contributed by atoms with van der Waals surface area (Å²) in [4.78, 5) is 11.4. The molecule has 0 aliphatic rings. The summed E-state index contributed by atoms with van der Waals surface area (Å²) < 4.78 is 6.83. The highest BCUT2D eigenvalue weighted by Crippen LogP contribution is 2.24. The Hall–Kier alpha value is -1.52. The predicted molar refractivity (Wildman–Crippen MR) is 74.1 cm³/mol. The molecule has 0 fully saturated rings. The molecule has 2 rings (SSSR count). The van der Waals surface area contributed by atoms with E-state index in [0.717, 1.165) is 16.6 Å². The van der Waals surface area contributed by atoms with E-state index in [1.54, 1.807) is 13.0 Å². The van der Waals surface area contributed by atoms with E-state index in [9.17, 15) is 9.90 Å². The number of ether oxygens (including phenoxy) is 1. The molecule has 1 aromatic carbocycles. The molecule has 102 valence electrons. The zero-order valence-electron chi connectivity index (χ0n) is 10.7. The average Bonchev–Trinajstić information content (AvgIpc) is 2.73. The largest absolute Gasteiger partial charge is 0.466 e. The van der Waals surface area contributed by atoms with E-state index in [1.165, 1.54) is 0 Å². The van der Waals surface area contributed by atoms with E-state index >= 15 is 0 Å². The number of hydrogen-bond acceptors (Lipinski definition) is 3. The SMILES string of the molecule is CCOC(=O)CCn1c(CO)cc2cc(Cl)ccc21. The first-order valence-electron chi connectivity index (χ1n) is 6.20. The molecule has 1 heterocycles. The first kappa shape index (κ1) is 13.9. The van der Waals surface area contributed by atoms with Crippen LogP contribution in [-0.4, -0.2) is 22.2 Å². The maximum absolute atomic E-state index is 11.4. The number of aliphatic hydroxyl groups is 1. The lowest BCUT2D eigenvalue weighted by molar-refractivity contribution is -0.143. The normalized spacial score (nSPS) is 10.9. The van der Waals surface area contributed by atoms with Crippen molar-refractivity contribution in [2.45, 2.75) is 26.5 Å². The van der Waals surface area contributed by atoms with Gasteiger partial charge in [-0.25, -0.2) is 0 Å². The van der Waals surface area contributed by atoms with Crippen LogP contribution in [0.4, 0.5) is 0 Å². The Balaban J connectivity index is 2.27. The van der Waals surface area contributed by atoms with Crippen LogP contribution in [0.2, 0.25) is 5.02 Å². The second kappa shape index (κ2) is 6.08. The highest BCUT2D eigenvalue weighted by Gasteiger charge is 2.10. The second-order valence-electron chi connectivity index (χ2n) is 4.20. The van der Waals surface area contributed by atoms with Crippen LogP contribution in [0, 0.1) is 0 Å². The Labute approximate surface area is 116 Å². The standard InChI is InChI=1S/C14H16ClNO3/c1-2-19-14(18)5-6-16-12(9-17)8-10-7-11(15)3-4-13(10)16/h3-4,7-8,17H,2,5-6,9H2,1H3. The van der Waals surface area contributed by atoms with Gasteiger partial charge in [-0.2, -0.15) is 0 Å².